The van der Waals surface area contributed by atoms with Gasteiger partial charge in [0.25, 0.3) is 0 Å². The van der Waals surface area contributed by atoms with Crippen LogP contribution in [0.15, 0.2) is 0 Å². The maximum Gasteiger partial charge on any atom is 0.399 e. The van der Waals surface area contributed by atoms with Gasteiger partial charge < -0.3 is 5.73 Å². The highest BCUT2D eigenvalue weighted by molar-refractivity contribution is 5.80. The number of hydrogen-bond donors (Lipinski definition) is 2. The minimum atomic E-state index is -4.41. The number of amidine groups is 1. The summed E-state index contributed by atoms with van der Waals surface area (Å²) in [5.74, 6) is -2.61. The fourth-order valence-electron chi connectivity index (χ4n) is 1.88. The van der Waals surface area contributed by atoms with Gasteiger partial charge in [-0.3, -0.25) is 10.3 Å². The van der Waals surface area contributed by atoms with Crippen LogP contribution in [0.4, 0.5) is 13.2 Å². The topological polar surface area (TPSA) is 53.1 Å². The van der Waals surface area contributed by atoms with Crippen LogP contribution in [0, 0.1) is 11.3 Å². The Hall–Kier alpha value is -0.780. The lowest BCUT2D eigenvalue weighted by Gasteiger charge is -2.27. The van der Waals surface area contributed by atoms with Crippen molar-refractivity contribution in [3.63, 3.8) is 0 Å². The Labute approximate surface area is 86.9 Å². The van der Waals surface area contributed by atoms with E-state index in [0.717, 1.165) is 12.8 Å². The van der Waals surface area contributed by atoms with E-state index >= 15 is 0 Å². The molecule has 3 N–H and O–H groups in total. The summed E-state index contributed by atoms with van der Waals surface area (Å²) in [5.41, 5.74) is 4.98. The fourth-order valence-corrected chi connectivity index (χ4v) is 1.88. The largest absolute Gasteiger partial charge is 0.399 e. The van der Waals surface area contributed by atoms with E-state index in [1.807, 2.05) is 6.92 Å². The molecule has 88 valence electrons. The highest BCUT2D eigenvalue weighted by atomic mass is 19.4. The molecule has 1 aliphatic rings. The van der Waals surface area contributed by atoms with Crippen molar-refractivity contribution in [3.05, 3.63) is 0 Å². The third-order valence-electron chi connectivity index (χ3n) is 2.88. The van der Waals surface area contributed by atoms with E-state index in [4.69, 9.17) is 11.1 Å². The van der Waals surface area contributed by atoms with Crippen LogP contribution >= 0.6 is 0 Å². The van der Waals surface area contributed by atoms with Crippen molar-refractivity contribution >= 4 is 5.84 Å². The molecule has 3 nitrogen and oxygen atoms in total. The van der Waals surface area contributed by atoms with E-state index in [2.05, 4.69) is 0 Å². The van der Waals surface area contributed by atoms with Gasteiger partial charge in [0.2, 0.25) is 0 Å². The molecule has 1 heterocycles. The molecular formula is C9H16F3N3. The lowest BCUT2D eigenvalue weighted by atomic mass is 10.1. The standard InChI is InChI=1S/C9H16F3N3/c1-6-3-2-4-15(6)5-7(8(13)14)9(10,11)12/h6-7H,2-5H2,1H3,(H3,13,14). The molecule has 1 fully saturated rings. The number of hydrogen-bond acceptors (Lipinski definition) is 2. The van der Waals surface area contributed by atoms with Crippen molar-refractivity contribution in [1.82, 2.24) is 4.90 Å². The molecule has 0 bridgehead atoms. The maximum atomic E-state index is 12.5. The summed E-state index contributed by atoms with van der Waals surface area (Å²) in [5, 5.41) is 6.97. The molecule has 0 saturated carbocycles. The molecule has 0 amide bonds. The normalized spacial score (nSPS) is 25.5. The lowest BCUT2D eigenvalue weighted by Crippen LogP contribution is -2.44. The van der Waals surface area contributed by atoms with Gasteiger partial charge >= 0.3 is 6.18 Å². The van der Waals surface area contributed by atoms with Crippen LogP contribution < -0.4 is 5.73 Å². The van der Waals surface area contributed by atoms with Crippen molar-refractivity contribution in [2.75, 3.05) is 13.1 Å². The first-order chi connectivity index (χ1) is 6.82. The quantitative estimate of drug-likeness (QED) is 0.564. The van der Waals surface area contributed by atoms with Gasteiger partial charge in [0.05, 0.1) is 0 Å². The Kier molecular flexibility index (Phi) is 3.59. The third-order valence-corrected chi connectivity index (χ3v) is 2.88. The molecule has 15 heavy (non-hydrogen) atoms. The summed E-state index contributed by atoms with van der Waals surface area (Å²) in [7, 11) is 0. The van der Waals surface area contributed by atoms with Gasteiger partial charge in [-0.05, 0) is 26.3 Å². The molecule has 0 aromatic rings. The number of nitrogens with zero attached hydrogens (tertiary/aromatic N) is 1. The summed E-state index contributed by atoms with van der Waals surface area (Å²) in [6.45, 7) is 2.39. The molecule has 0 spiro atoms. The zero-order valence-corrected chi connectivity index (χ0v) is 8.64. The number of halogens is 3. The molecule has 6 heteroatoms. The molecule has 0 radical (unpaired) electrons. The summed E-state index contributed by atoms with van der Waals surface area (Å²) in [6.07, 6.45) is -2.57. The van der Waals surface area contributed by atoms with E-state index in [0.29, 0.717) is 6.54 Å². The SMILES string of the molecule is CC1CCCN1CC(C(=N)N)C(F)(F)F. The molecule has 1 rings (SSSR count). The second-order valence-electron chi connectivity index (χ2n) is 4.04. The predicted molar refractivity (Wildman–Crippen MR) is 51.7 cm³/mol. The molecule has 1 saturated heterocycles. The summed E-state index contributed by atoms with van der Waals surface area (Å²) in [6, 6.07) is 0.161. The van der Waals surface area contributed by atoms with E-state index in [9.17, 15) is 13.2 Å². The highest BCUT2D eigenvalue weighted by Gasteiger charge is 2.43. The summed E-state index contributed by atoms with van der Waals surface area (Å²) >= 11 is 0. The molecule has 1 aliphatic heterocycles. The number of likely N-dealkylation sites (tertiary alicyclic amines) is 1. The van der Waals surface area contributed by atoms with Crippen LogP contribution in [0.25, 0.3) is 0 Å². The first-order valence-electron chi connectivity index (χ1n) is 4.97. The zero-order chi connectivity index (χ0) is 11.6. The number of alkyl halides is 3. The van der Waals surface area contributed by atoms with Crippen LogP contribution in [0.3, 0.4) is 0 Å². The predicted octanol–water partition coefficient (Wildman–Crippen LogP) is 1.59. The van der Waals surface area contributed by atoms with Gasteiger partial charge in [0.1, 0.15) is 11.8 Å². The van der Waals surface area contributed by atoms with Crippen LogP contribution in [0.5, 0.6) is 0 Å². The van der Waals surface area contributed by atoms with E-state index in [1.165, 1.54) is 0 Å². The molecule has 2 unspecified atom stereocenters. The Morgan fingerprint density at radius 1 is 1.60 bits per heavy atom. The average Bonchev–Trinajstić information content (AvgIpc) is 2.44. The van der Waals surface area contributed by atoms with Gasteiger partial charge in [0.15, 0.2) is 0 Å². The van der Waals surface area contributed by atoms with Crippen LogP contribution in [-0.4, -0.2) is 36.0 Å². The van der Waals surface area contributed by atoms with Crippen LogP contribution in [-0.2, 0) is 0 Å². The van der Waals surface area contributed by atoms with E-state index in [1.54, 1.807) is 4.90 Å². The van der Waals surface area contributed by atoms with E-state index in [-0.39, 0.29) is 12.6 Å². The smallest absolute Gasteiger partial charge is 0.387 e. The van der Waals surface area contributed by atoms with Gasteiger partial charge in [-0.1, -0.05) is 0 Å². The van der Waals surface area contributed by atoms with Crippen molar-refractivity contribution in [3.8, 4) is 0 Å². The minimum absolute atomic E-state index is 0.161. The van der Waals surface area contributed by atoms with Gasteiger partial charge in [-0.15, -0.1) is 0 Å². The fraction of sp³-hybridized carbons (Fsp3) is 0.889. The number of nitrogens with one attached hydrogen (secondary N) is 1. The highest BCUT2D eigenvalue weighted by Crippen LogP contribution is 2.29. The second kappa shape index (κ2) is 4.38. The second-order valence-corrected chi connectivity index (χ2v) is 4.04. The van der Waals surface area contributed by atoms with Crippen LogP contribution in [0.1, 0.15) is 19.8 Å². The molecule has 0 aliphatic carbocycles. The summed E-state index contributed by atoms with van der Waals surface area (Å²) < 4.78 is 37.5. The van der Waals surface area contributed by atoms with Gasteiger partial charge in [-0.25, -0.2) is 0 Å². The third kappa shape index (κ3) is 3.09. The molecule has 2 atom stereocenters. The van der Waals surface area contributed by atoms with E-state index < -0.39 is 17.9 Å². The van der Waals surface area contributed by atoms with Crippen LogP contribution in [0.2, 0.25) is 0 Å². The number of nitrogens with two attached hydrogens (primary N) is 1. The first-order valence-corrected chi connectivity index (χ1v) is 4.97. The van der Waals surface area contributed by atoms with Crippen molar-refractivity contribution in [2.24, 2.45) is 11.7 Å². The maximum absolute atomic E-state index is 12.5. The summed E-state index contributed by atoms with van der Waals surface area (Å²) in [4.78, 5) is 1.75. The van der Waals surface area contributed by atoms with Crippen molar-refractivity contribution in [2.45, 2.75) is 32.0 Å². The Morgan fingerprint density at radius 2 is 2.20 bits per heavy atom. The van der Waals surface area contributed by atoms with Crippen molar-refractivity contribution in [1.29, 1.82) is 5.41 Å². The molecular weight excluding hydrogens is 207 g/mol. The monoisotopic (exact) mass is 223 g/mol. The molecule has 0 aromatic carbocycles. The van der Waals surface area contributed by atoms with Gasteiger partial charge in [-0.2, -0.15) is 13.2 Å². The Bertz CT molecular complexity index is 239. The first kappa shape index (κ1) is 12.3. The molecule has 0 aromatic heterocycles. The van der Waals surface area contributed by atoms with Crippen molar-refractivity contribution < 1.29 is 13.2 Å². The Balaban J connectivity index is 2.63. The average molecular weight is 223 g/mol. The zero-order valence-electron chi connectivity index (χ0n) is 8.64. The minimum Gasteiger partial charge on any atom is -0.387 e. The lowest BCUT2D eigenvalue weighted by molar-refractivity contribution is -0.160. The Morgan fingerprint density at radius 3 is 2.53 bits per heavy atom. The van der Waals surface area contributed by atoms with Gasteiger partial charge in [0, 0.05) is 12.6 Å². The number of rotatable bonds is 3.